The Bertz CT molecular complexity index is 535. The van der Waals surface area contributed by atoms with Gasteiger partial charge in [0.05, 0.1) is 4.92 Å². The number of hydrogen-bond acceptors (Lipinski definition) is 4. The molecule has 2 rings (SSSR count). The van der Waals surface area contributed by atoms with Gasteiger partial charge < -0.3 is 5.32 Å². The van der Waals surface area contributed by atoms with Gasteiger partial charge in [-0.1, -0.05) is 0 Å². The molecule has 0 aliphatic heterocycles. The van der Waals surface area contributed by atoms with E-state index in [1.807, 2.05) is 7.05 Å². The summed E-state index contributed by atoms with van der Waals surface area (Å²) in [4.78, 5) is 12.1. The quantitative estimate of drug-likeness (QED) is 0.620. The number of nitro groups is 1. The van der Waals surface area contributed by atoms with Gasteiger partial charge in [-0.05, 0) is 26.8 Å². The minimum atomic E-state index is -1.15. The minimum absolute atomic E-state index is 0.101. The summed E-state index contributed by atoms with van der Waals surface area (Å²) in [5, 5.41) is 13.7. The zero-order valence-corrected chi connectivity index (χ0v) is 12.1. The number of benzene rings is 1. The zero-order valence-electron chi connectivity index (χ0n) is 12.1. The molecule has 0 heterocycles. The lowest BCUT2D eigenvalue weighted by molar-refractivity contribution is -0.387. The molecule has 1 aromatic carbocycles. The van der Waals surface area contributed by atoms with Crippen molar-refractivity contribution in [3.05, 3.63) is 39.4 Å². The second-order valence-electron chi connectivity index (χ2n) is 5.53. The van der Waals surface area contributed by atoms with Gasteiger partial charge in [0.2, 0.25) is 5.82 Å². The lowest BCUT2D eigenvalue weighted by Gasteiger charge is -2.24. The molecule has 0 aromatic heterocycles. The maximum atomic E-state index is 13.6. The Labute approximate surface area is 122 Å². The molecule has 1 atom stereocenters. The molecule has 1 aliphatic carbocycles. The van der Waals surface area contributed by atoms with Crippen LogP contribution in [-0.4, -0.2) is 35.5 Å². The number of hydrogen-bond donors (Lipinski definition) is 1. The lowest BCUT2D eigenvalue weighted by atomic mass is 10.1. The van der Waals surface area contributed by atoms with Gasteiger partial charge >= 0.3 is 5.69 Å². The normalized spacial score (nSPS) is 16.2. The molecular formula is C14H19F2N3O2. The van der Waals surface area contributed by atoms with Gasteiger partial charge in [0.1, 0.15) is 5.82 Å². The van der Waals surface area contributed by atoms with Gasteiger partial charge in [0, 0.05) is 42.9 Å². The first-order chi connectivity index (χ1) is 9.90. The summed E-state index contributed by atoms with van der Waals surface area (Å²) in [6.45, 7) is 2.84. The summed E-state index contributed by atoms with van der Waals surface area (Å²) < 4.78 is 26.8. The second-order valence-corrected chi connectivity index (χ2v) is 5.53. The SMILES string of the molecule is CC(CNCc1cc([N+](=O)[O-])c(F)cc1F)N(C)C1CC1. The predicted molar refractivity (Wildman–Crippen MR) is 75.0 cm³/mol. The summed E-state index contributed by atoms with van der Waals surface area (Å²) in [5.41, 5.74) is -0.597. The summed E-state index contributed by atoms with van der Waals surface area (Å²) in [7, 11) is 2.05. The molecular weight excluding hydrogens is 280 g/mol. The van der Waals surface area contributed by atoms with Crippen molar-refractivity contribution < 1.29 is 13.7 Å². The van der Waals surface area contributed by atoms with Crippen LogP contribution in [-0.2, 0) is 6.54 Å². The average molecular weight is 299 g/mol. The maximum Gasteiger partial charge on any atom is 0.305 e. The van der Waals surface area contributed by atoms with E-state index >= 15 is 0 Å². The molecule has 0 bridgehead atoms. The lowest BCUT2D eigenvalue weighted by Crippen LogP contribution is -2.39. The van der Waals surface area contributed by atoms with Crippen molar-refractivity contribution in [2.75, 3.05) is 13.6 Å². The van der Waals surface area contributed by atoms with Crippen molar-refractivity contribution in [1.29, 1.82) is 0 Å². The van der Waals surface area contributed by atoms with Gasteiger partial charge in [-0.15, -0.1) is 0 Å². The molecule has 1 aromatic rings. The molecule has 0 saturated heterocycles. The molecule has 5 nitrogen and oxygen atoms in total. The second kappa shape index (κ2) is 6.44. The summed E-state index contributed by atoms with van der Waals surface area (Å²) >= 11 is 0. The fourth-order valence-electron chi connectivity index (χ4n) is 2.26. The number of nitro benzene ring substituents is 1. The van der Waals surface area contributed by atoms with Gasteiger partial charge in [0.15, 0.2) is 0 Å². The third-order valence-corrected chi connectivity index (χ3v) is 3.89. The van der Waals surface area contributed by atoms with Crippen LogP contribution in [0.15, 0.2) is 12.1 Å². The first kappa shape index (κ1) is 15.8. The topological polar surface area (TPSA) is 58.4 Å². The molecule has 1 fully saturated rings. The highest BCUT2D eigenvalue weighted by Crippen LogP contribution is 2.26. The predicted octanol–water partition coefficient (Wildman–Crippen LogP) is 2.45. The van der Waals surface area contributed by atoms with E-state index in [0.717, 1.165) is 6.07 Å². The third kappa shape index (κ3) is 3.95. The zero-order chi connectivity index (χ0) is 15.6. The van der Waals surface area contributed by atoms with E-state index in [9.17, 15) is 18.9 Å². The first-order valence-electron chi connectivity index (χ1n) is 6.95. The van der Waals surface area contributed by atoms with E-state index in [0.29, 0.717) is 18.7 Å². The fraction of sp³-hybridized carbons (Fsp3) is 0.571. The van der Waals surface area contributed by atoms with Crippen molar-refractivity contribution in [2.24, 2.45) is 0 Å². The van der Waals surface area contributed by atoms with E-state index < -0.39 is 22.2 Å². The Morgan fingerprint density at radius 2 is 2.10 bits per heavy atom. The fourth-order valence-corrected chi connectivity index (χ4v) is 2.26. The Morgan fingerprint density at radius 1 is 1.43 bits per heavy atom. The smallest absolute Gasteiger partial charge is 0.305 e. The monoisotopic (exact) mass is 299 g/mol. The van der Waals surface area contributed by atoms with Gasteiger partial charge in [-0.25, -0.2) is 4.39 Å². The summed E-state index contributed by atoms with van der Waals surface area (Å²) in [5.74, 6) is -1.92. The molecule has 1 N–H and O–H groups in total. The first-order valence-corrected chi connectivity index (χ1v) is 6.95. The van der Waals surface area contributed by atoms with Crippen LogP contribution in [0.2, 0.25) is 0 Å². The highest BCUT2D eigenvalue weighted by molar-refractivity contribution is 5.37. The van der Waals surface area contributed by atoms with Crippen LogP contribution in [0.25, 0.3) is 0 Å². The molecule has 0 spiro atoms. The van der Waals surface area contributed by atoms with Crippen LogP contribution in [0.1, 0.15) is 25.3 Å². The number of likely N-dealkylation sites (N-methyl/N-ethyl adjacent to an activating group) is 1. The van der Waals surface area contributed by atoms with Gasteiger partial charge in [-0.2, -0.15) is 4.39 Å². The summed E-state index contributed by atoms with van der Waals surface area (Å²) in [6, 6.07) is 2.43. The van der Waals surface area contributed by atoms with Crippen molar-refractivity contribution in [3.8, 4) is 0 Å². The molecule has 1 aliphatic rings. The van der Waals surface area contributed by atoms with Crippen LogP contribution in [0, 0.1) is 21.7 Å². The molecule has 1 unspecified atom stereocenters. The maximum absolute atomic E-state index is 13.6. The highest BCUT2D eigenvalue weighted by Gasteiger charge is 2.28. The van der Waals surface area contributed by atoms with E-state index in [4.69, 9.17) is 0 Å². The molecule has 1 saturated carbocycles. The van der Waals surface area contributed by atoms with Crippen LogP contribution in [0.4, 0.5) is 14.5 Å². The van der Waals surface area contributed by atoms with Crippen molar-refractivity contribution in [2.45, 2.75) is 38.4 Å². The molecule has 116 valence electrons. The molecule has 0 amide bonds. The Morgan fingerprint density at radius 3 is 2.67 bits per heavy atom. The molecule has 0 radical (unpaired) electrons. The summed E-state index contributed by atoms with van der Waals surface area (Å²) in [6.07, 6.45) is 2.42. The molecule has 21 heavy (non-hydrogen) atoms. The minimum Gasteiger partial charge on any atom is -0.311 e. The number of nitrogens with one attached hydrogen (secondary N) is 1. The van der Waals surface area contributed by atoms with Crippen LogP contribution in [0.5, 0.6) is 0 Å². The number of nitrogens with zero attached hydrogens (tertiary/aromatic N) is 2. The number of rotatable bonds is 7. The van der Waals surface area contributed by atoms with Crippen molar-refractivity contribution in [3.63, 3.8) is 0 Å². The van der Waals surface area contributed by atoms with E-state index in [-0.39, 0.29) is 18.2 Å². The van der Waals surface area contributed by atoms with E-state index in [2.05, 4.69) is 17.1 Å². The Balaban J connectivity index is 1.93. The van der Waals surface area contributed by atoms with Crippen LogP contribution >= 0.6 is 0 Å². The van der Waals surface area contributed by atoms with E-state index in [1.54, 1.807) is 0 Å². The Hall–Kier alpha value is -1.60. The van der Waals surface area contributed by atoms with Gasteiger partial charge in [0.25, 0.3) is 0 Å². The third-order valence-electron chi connectivity index (χ3n) is 3.89. The molecule has 7 heteroatoms. The average Bonchev–Trinajstić information content (AvgIpc) is 3.24. The standard InChI is InChI=1S/C14H19F2N3O2/c1-9(18(2)11-3-4-11)7-17-8-10-5-14(19(20)21)13(16)6-12(10)15/h5-6,9,11,17H,3-4,7-8H2,1-2H3. The Kier molecular flexibility index (Phi) is 4.84. The van der Waals surface area contributed by atoms with E-state index in [1.165, 1.54) is 12.8 Å². The van der Waals surface area contributed by atoms with Crippen LogP contribution in [0.3, 0.4) is 0 Å². The van der Waals surface area contributed by atoms with Crippen molar-refractivity contribution >= 4 is 5.69 Å². The van der Waals surface area contributed by atoms with Crippen LogP contribution < -0.4 is 5.32 Å². The van der Waals surface area contributed by atoms with Gasteiger partial charge in [-0.3, -0.25) is 15.0 Å². The van der Waals surface area contributed by atoms with Crippen molar-refractivity contribution in [1.82, 2.24) is 10.2 Å². The number of halogens is 2. The largest absolute Gasteiger partial charge is 0.311 e. The highest BCUT2D eigenvalue weighted by atomic mass is 19.1.